The van der Waals surface area contributed by atoms with Gasteiger partial charge in [0.2, 0.25) is 12.2 Å². The van der Waals surface area contributed by atoms with Crippen molar-refractivity contribution >= 4 is 25.0 Å². The molecule has 0 radical (unpaired) electrons. The molecule has 9 heteroatoms. The molecule has 1 heterocycles. The Labute approximate surface area is 139 Å². The van der Waals surface area contributed by atoms with Gasteiger partial charge in [-0.3, -0.25) is 9.59 Å². The number of ether oxygens (including phenoxy) is 2. The molecule has 0 saturated heterocycles. The second kappa shape index (κ2) is 7.35. The summed E-state index contributed by atoms with van der Waals surface area (Å²) in [5.74, 6) is -2.04. The van der Waals surface area contributed by atoms with Crippen LogP contribution in [0.4, 0.5) is 0 Å². The van der Waals surface area contributed by atoms with E-state index in [1.807, 2.05) is 0 Å². The lowest BCUT2D eigenvalue weighted by atomic mass is 9.72. The first-order valence-corrected chi connectivity index (χ1v) is 7.40. The molecule has 1 aromatic carbocycles. The van der Waals surface area contributed by atoms with Crippen molar-refractivity contribution in [3.63, 3.8) is 0 Å². The van der Waals surface area contributed by atoms with Crippen LogP contribution in [0.2, 0.25) is 0 Å². The molecule has 0 bridgehead atoms. The monoisotopic (exact) mass is 335 g/mol. The zero-order valence-corrected chi connectivity index (χ0v) is 13.6. The van der Waals surface area contributed by atoms with Crippen LogP contribution in [0.1, 0.15) is 36.7 Å². The van der Waals surface area contributed by atoms with Crippen LogP contribution in [0.3, 0.4) is 0 Å². The van der Waals surface area contributed by atoms with E-state index in [0.717, 1.165) is 0 Å². The lowest BCUT2D eigenvalue weighted by Crippen LogP contribution is -2.52. The molecule has 0 aliphatic carbocycles. The molecule has 1 unspecified atom stereocenters. The van der Waals surface area contributed by atoms with Gasteiger partial charge < -0.3 is 24.5 Å². The number of benzene rings is 1. The summed E-state index contributed by atoms with van der Waals surface area (Å²) in [5, 5.41) is 12.6. The molecule has 0 saturated carbocycles. The fourth-order valence-electron chi connectivity index (χ4n) is 2.44. The molecule has 0 spiro atoms. The lowest BCUT2D eigenvalue weighted by Gasteiger charge is -2.29. The van der Waals surface area contributed by atoms with Crippen LogP contribution in [0, 0.1) is 0 Å². The molecule has 0 aromatic heterocycles. The first kappa shape index (κ1) is 17.8. The molecule has 1 aliphatic rings. The smallest absolute Gasteiger partial charge is 0.534 e. The van der Waals surface area contributed by atoms with E-state index in [-0.39, 0.29) is 17.2 Å². The molecule has 24 heavy (non-hydrogen) atoms. The maximum Gasteiger partial charge on any atom is 0.547 e. The van der Waals surface area contributed by atoms with Crippen molar-refractivity contribution in [1.82, 2.24) is 5.32 Å². The van der Waals surface area contributed by atoms with Crippen LogP contribution in [-0.2, 0) is 25.5 Å². The number of carbonyl (C=O) groups is 3. The van der Waals surface area contributed by atoms with Crippen LogP contribution >= 0.6 is 0 Å². The third-order valence-electron chi connectivity index (χ3n) is 3.33. The molecular formula is C15H18BNO7. The van der Waals surface area contributed by atoms with Gasteiger partial charge in [0.05, 0.1) is 5.94 Å². The van der Waals surface area contributed by atoms with Gasteiger partial charge in [-0.25, -0.2) is 4.79 Å². The Bertz CT molecular complexity index is 663. The van der Waals surface area contributed by atoms with E-state index in [1.54, 1.807) is 12.1 Å². The Morgan fingerprint density at radius 1 is 1.33 bits per heavy atom. The molecule has 2 N–H and O–H groups in total. The summed E-state index contributed by atoms with van der Waals surface area (Å²) in [5.41, 5.74) is 0.750. The minimum absolute atomic E-state index is 0.104. The minimum atomic E-state index is -1.29. The van der Waals surface area contributed by atoms with E-state index in [0.29, 0.717) is 12.0 Å². The summed E-state index contributed by atoms with van der Waals surface area (Å²) in [6.07, 6.45) is -0.747. The summed E-state index contributed by atoms with van der Waals surface area (Å²) in [6, 6.07) is 4.84. The molecule has 8 nitrogen and oxygen atoms in total. The molecule has 2 rings (SSSR count). The van der Waals surface area contributed by atoms with Gasteiger partial charge in [0.25, 0.3) is 0 Å². The highest BCUT2D eigenvalue weighted by Crippen LogP contribution is 2.30. The largest absolute Gasteiger partial charge is 0.547 e. The van der Waals surface area contributed by atoms with Crippen molar-refractivity contribution in [3.8, 4) is 5.75 Å². The average molecular weight is 335 g/mol. The second-order valence-electron chi connectivity index (χ2n) is 5.40. The quantitative estimate of drug-likeness (QED) is 0.460. The fraction of sp³-hybridized carbons (Fsp3) is 0.400. The van der Waals surface area contributed by atoms with E-state index >= 15 is 0 Å². The average Bonchev–Trinajstić information content (AvgIpc) is 2.45. The molecule has 1 amide bonds. The Kier molecular flexibility index (Phi) is 5.45. The zero-order valence-electron chi connectivity index (χ0n) is 13.6. The number of carbonyl (C=O) groups excluding carboxylic acids is 3. The summed E-state index contributed by atoms with van der Waals surface area (Å²) >= 11 is 0. The van der Waals surface area contributed by atoms with Crippen molar-refractivity contribution in [1.29, 1.82) is 0 Å². The molecule has 1 aliphatic heterocycles. The predicted octanol–water partition coefficient (Wildman–Crippen LogP) is 0.212. The number of nitrogens with one attached hydrogen (secondary N) is 1. The van der Waals surface area contributed by atoms with Crippen LogP contribution in [0.5, 0.6) is 5.75 Å². The summed E-state index contributed by atoms with van der Waals surface area (Å²) in [4.78, 5) is 34.3. The first-order chi connectivity index (χ1) is 11.3. The third kappa shape index (κ3) is 4.26. The van der Waals surface area contributed by atoms with E-state index in [2.05, 4.69) is 5.32 Å². The first-order valence-electron chi connectivity index (χ1n) is 7.40. The van der Waals surface area contributed by atoms with Gasteiger partial charge in [0.15, 0.2) is 0 Å². The van der Waals surface area contributed by atoms with Gasteiger partial charge in [-0.15, -0.1) is 0 Å². The van der Waals surface area contributed by atoms with Crippen molar-refractivity contribution < 1.29 is 33.5 Å². The number of rotatable bonds is 4. The number of hydrogen-bond donors (Lipinski definition) is 2. The van der Waals surface area contributed by atoms with Crippen LogP contribution in [0.25, 0.3) is 0 Å². The molecule has 0 fully saturated rings. The van der Waals surface area contributed by atoms with E-state index in [9.17, 15) is 19.4 Å². The normalized spacial score (nSPS) is 17.2. The number of fused-ring (bicyclic) bond motifs is 1. The SMILES string of the molecule is CC(=O)N[C@H]1Cc2cccc(C(=O)OC(C)OC(C)=O)c2OB1O. The molecule has 2 atom stereocenters. The third-order valence-corrected chi connectivity index (χ3v) is 3.33. The standard InChI is InChI=1S/C15H18BNO7/c1-8(18)17-13-7-11-5-4-6-12(14(11)24-16(13)21)15(20)23-10(3)22-9(2)19/h4-6,10,13,21H,7H2,1-3H3,(H,17,18)/t10?,13-/m0/s1. The Balaban J connectivity index is 2.19. The highest BCUT2D eigenvalue weighted by Gasteiger charge is 2.37. The van der Waals surface area contributed by atoms with Gasteiger partial charge in [-0.2, -0.15) is 0 Å². The maximum atomic E-state index is 12.2. The number of hydrogen-bond acceptors (Lipinski definition) is 7. The highest BCUT2D eigenvalue weighted by molar-refractivity contribution is 6.47. The molecular weight excluding hydrogens is 317 g/mol. The lowest BCUT2D eigenvalue weighted by molar-refractivity contribution is -0.162. The fourth-order valence-corrected chi connectivity index (χ4v) is 2.44. The number of esters is 2. The summed E-state index contributed by atoms with van der Waals surface area (Å²) < 4.78 is 15.2. The zero-order chi connectivity index (χ0) is 17.9. The van der Waals surface area contributed by atoms with E-state index < -0.39 is 31.3 Å². The van der Waals surface area contributed by atoms with Crippen molar-refractivity contribution in [2.75, 3.05) is 0 Å². The van der Waals surface area contributed by atoms with Crippen molar-refractivity contribution in [2.24, 2.45) is 0 Å². The Morgan fingerprint density at radius 2 is 2.04 bits per heavy atom. The van der Waals surface area contributed by atoms with E-state index in [1.165, 1.54) is 26.8 Å². The van der Waals surface area contributed by atoms with Gasteiger partial charge in [0, 0.05) is 20.8 Å². The molecule has 1 aromatic rings. The number of para-hydroxylation sites is 1. The summed E-state index contributed by atoms with van der Waals surface area (Å²) in [7, 11) is -1.29. The van der Waals surface area contributed by atoms with Crippen LogP contribution in [0.15, 0.2) is 18.2 Å². The number of amides is 1. The van der Waals surface area contributed by atoms with Crippen molar-refractivity contribution in [3.05, 3.63) is 29.3 Å². The van der Waals surface area contributed by atoms with E-state index in [4.69, 9.17) is 14.1 Å². The Hall–Kier alpha value is -2.55. The van der Waals surface area contributed by atoms with Crippen molar-refractivity contribution in [2.45, 2.75) is 39.4 Å². The molecule has 128 valence electrons. The van der Waals surface area contributed by atoms with Crippen LogP contribution < -0.4 is 9.97 Å². The maximum absolute atomic E-state index is 12.2. The van der Waals surface area contributed by atoms with Gasteiger partial charge in [-0.05, 0) is 18.1 Å². The van der Waals surface area contributed by atoms with Gasteiger partial charge in [0.1, 0.15) is 11.3 Å². The summed E-state index contributed by atoms with van der Waals surface area (Å²) in [6.45, 7) is 3.96. The Morgan fingerprint density at radius 3 is 2.67 bits per heavy atom. The van der Waals surface area contributed by atoms with Crippen LogP contribution in [-0.4, -0.2) is 42.2 Å². The predicted molar refractivity (Wildman–Crippen MR) is 83.0 cm³/mol. The minimum Gasteiger partial charge on any atom is -0.534 e. The highest BCUT2D eigenvalue weighted by atomic mass is 16.7. The second-order valence-corrected chi connectivity index (χ2v) is 5.40. The topological polar surface area (TPSA) is 111 Å². The van der Waals surface area contributed by atoms with Gasteiger partial charge >= 0.3 is 19.1 Å². The van der Waals surface area contributed by atoms with Gasteiger partial charge in [-0.1, -0.05) is 12.1 Å².